The van der Waals surface area contributed by atoms with Crippen molar-refractivity contribution < 1.29 is 0 Å². The Morgan fingerprint density at radius 3 is 2.47 bits per heavy atom. The normalized spacial score (nSPS) is 21.0. The molecule has 0 aromatic heterocycles. The number of aryl methyl sites for hydroxylation is 2. The summed E-state index contributed by atoms with van der Waals surface area (Å²) >= 11 is 0. The molecule has 1 heterocycles. The molecule has 1 aromatic rings. The van der Waals surface area contributed by atoms with E-state index in [2.05, 4.69) is 49.2 Å². The van der Waals surface area contributed by atoms with Crippen LogP contribution >= 0.6 is 12.4 Å². The van der Waals surface area contributed by atoms with E-state index in [0.717, 1.165) is 26.2 Å². The van der Waals surface area contributed by atoms with Crippen molar-refractivity contribution in [2.24, 2.45) is 0 Å². The summed E-state index contributed by atoms with van der Waals surface area (Å²) in [6, 6.07) is 7.50. The second-order valence-electron chi connectivity index (χ2n) is 5.02. The average molecular weight is 255 g/mol. The van der Waals surface area contributed by atoms with E-state index in [1.165, 1.54) is 16.7 Å². The van der Waals surface area contributed by atoms with Crippen LogP contribution in [-0.4, -0.2) is 30.6 Å². The highest BCUT2D eigenvalue weighted by Crippen LogP contribution is 2.13. The second-order valence-corrected chi connectivity index (χ2v) is 5.02. The van der Waals surface area contributed by atoms with Gasteiger partial charge in [0, 0.05) is 32.2 Å². The average Bonchev–Trinajstić information content (AvgIpc) is 2.20. The zero-order chi connectivity index (χ0) is 11.5. The molecule has 1 aliphatic heterocycles. The molecule has 17 heavy (non-hydrogen) atoms. The van der Waals surface area contributed by atoms with Crippen LogP contribution in [0.5, 0.6) is 0 Å². The van der Waals surface area contributed by atoms with Gasteiger partial charge in [-0.25, -0.2) is 0 Å². The third kappa shape index (κ3) is 3.98. The van der Waals surface area contributed by atoms with Crippen molar-refractivity contribution in [1.82, 2.24) is 10.2 Å². The quantitative estimate of drug-likeness (QED) is 0.873. The smallest absolute Gasteiger partial charge is 0.0237 e. The fraction of sp³-hybridized carbons (Fsp3) is 0.571. The van der Waals surface area contributed by atoms with Crippen LogP contribution in [0, 0.1) is 13.8 Å². The Kier molecular flexibility index (Phi) is 5.44. The van der Waals surface area contributed by atoms with Gasteiger partial charge in [-0.15, -0.1) is 12.4 Å². The van der Waals surface area contributed by atoms with E-state index >= 15 is 0 Å². The van der Waals surface area contributed by atoms with Crippen molar-refractivity contribution in [3.05, 3.63) is 34.9 Å². The molecule has 1 aliphatic rings. The Morgan fingerprint density at radius 2 is 1.88 bits per heavy atom. The molecule has 2 nitrogen and oxygen atoms in total. The lowest BCUT2D eigenvalue weighted by molar-refractivity contribution is 0.165. The van der Waals surface area contributed by atoms with Crippen LogP contribution in [0.4, 0.5) is 0 Å². The summed E-state index contributed by atoms with van der Waals surface area (Å²) in [6.07, 6.45) is 0. The monoisotopic (exact) mass is 254 g/mol. The predicted octanol–water partition coefficient (Wildman–Crippen LogP) is 2.52. The zero-order valence-electron chi connectivity index (χ0n) is 11.0. The van der Waals surface area contributed by atoms with Crippen molar-refractivity contribution in [1.29, 1.82) is 0 Å². The summed E-state index contributed by atoms with van der Waals surface area (Å²) in [5, 5.41) is 3.43. The first kappa shape index (κ1) is 14.5. The Morgan fingerprint density at radius 1 is 1.24 bits per heavy atom. The van der Waals surface area contributed by atoms with E-state index < -0.39 is 0 Å². The van der Waals surface area contributed by atoms with Crippen molar-refractivity contribution in [2.75, 3.05) is 19.6 Å². The van der Waals surface area contributed by atoms with Gasteiger partial charge in [-0.2, -0.15) is 0 Å². The molecule has 1 atom stereocenters. The van der Waals surface area contributed by atoms with Crippen molar-refractivity contribution in [3.8, 4) is 0 Å². The number of nitrogens with zero attached hydrogens (tertiary/aromatic N) is 1. The maximum Gasteiger partial charge on any atom is 0.0237 e. The van der Waals surface area contributed by atoms with Gasteiger partial charge in [0.15, 0.2) is 0 Å². The molecule has 0 aliphatic carbocycles. The molecule has 0 radical (unpaired) electrons. The number of halogens is 1. The molecule has 0 amide bonds. The van der Waals surface area contributed by atoms with Gasteiger partial charge < -0.3 is 5.32 Å². The van der Waals surface area contributed by atoms with Gasteiger partial charge >= 0.3 is 0 Å². The Balaban J connectivity index is 0.00000144. The molecule has 1 aromatic carbocycles. The predicted molar refractivity (Wildman–Crippen MR) is 75.9 cm³/mol. The highest BCUT2D eigenvalue weighted by atomic mass is 35.5. The molecule has 0 bridgehead atoms. The van der Waals surface area contributed by atoms with E-state index in [-0.39, 0.29) is 12.4 Å². The Labute approximate surface area is 111 Å². The summed E-state index contributed by atoms with van der Waals surface area (Å²) < 4.78 is 0. The Hall–Kier alpha value is -0.570. The molecular formula is C14H23ClN2. The molecule has 0 spiro atoms. The first-order valence-electron chi connectivity index (χ1n) is 6.17. The standard InChI is InChI=1S/C14H22N2.ClH/c1-11-6-12(2)8-14(7-11)10-16-5-4-15-9-13(16)3;/h6-8,13,15H,4-5,9-10H2,1-3H3;1H/t13-;/m1./s1. The van der Waals surface area contributed by atoms with Crippen LogP contribution in [0.3, 0.4) is 0 Å². The second kappa shape index (κ2) is 6.39. The number of nitrogens with one attached hydrogen (secondary N) is 1. The van der Waals surface area contributed by atoms with Crippen LogP contribution < -0.4 is 5.32 Å². The summed E-state index contributed by atoms with van der Waals surface area (Å²) in [5.41, 5.74) is 4.20. The molecule has 0 unspecified atom stereocenters. The summed E-state index contributed by atoms with van der Waals surface area (Å²) in [4.78, 5) is 2.56. The molecule has 0 saturated carbocycles. The number of hydrogen-bond acceptors (Lipinski definition) is 2. The minimum Gasteiger partial charge on any atom is -0.314 e. The SMILES string of the molecule is Cc1cc(C)cc(CN2CCNC[C@H]2C)c1.Cl. The maximum atomic E-state index is 3.43. The molecule has 3 heteroatoms. The van der Waals surface area contributed by atoms with E-state index in [1.807, 2.05) is 0 Å². The van der Waals surface area contributed by atoms with Crippen LogP contribution in [-0.2, 0) is 6.54 Å². The van der Waals surface area contributed by atoms with Gasteiger partial charge in [-0.05, 0) is 26.3 Å². The fourth-order valence-corrected chi connectivity index (χ4v) is 2.51. The van der Waals surface area contributed by atoms with E-state index in [9.17, 15) is 0 Å². The van der Waals surface area contributed by atoms with Gasteiger partial charge in [-0.1, -0.05) is 29.3 Å². The lowest BCUT2D eigenvalue weighted by Crippen LogP contribution is -2.49. The highest BCUT2D eigenvalue weighted by Gasteiger charge is 2.17. The molecule has 1 fully saturated rings. The molecule has 1 N–H and O–H groups in total. The highest BCUT2D eigenvalue weighted by molar-refractivity contribution is 5.85. The van der Waals surface area contributed by atoms with Gasteiger partial charge in [0.25, 0.3) is 0 Å². The van der Waals surface area contributed by atoms with Gasteiger partial charge in [0.2, 0.25) is 0 Å². The topological polar surface area (TPSA) is 15.3 Å². The van der Waals surface area contributed by atoms with E-state index in [1.54, 1.807) is 0 Å². The number of piperazine rings is 1. The van der Waals surface area contributed by atoms with Crippen molar-refractivity contribution >= 4 is 12.4 Å². The third-order valence-electron chi connectivity index (χ3n) is 3.31. The lowest BCUT2D eigenvalue weighted by Gasteiger charge is -2.34. The summed E-state index contributed by atoms with van der Waals surface area (Å²) in [7, 11) is 0. The summed E-state index contributed by atoms with van der Waals surface area (Å²) in [5.74, 6) is 0. The number of benzene rings is 1. The minimum atomic E-state index is 0. The van der Waals surface area contributed by atoms with Gasteiger partial charge in [-0.3, -0.25) is 4.90 Å². The van der Waals surface area contributed by atoms with Gasteiger partial charge in [0.1, 0.15) is 0 Å². The summed E-state index contributed by atoms with van der Waals surface area (Å²) in [6.45, 7) is 11.1. The molecular weight excluding hydrogens is 232 g/mol. The maximum absolute atomic E-state index is 3.43. The zero-order valence-corrected chi connectivity index (χ0v) is 11.8. The van der Waals surface area contributed by atoms with Crippen molar-refractivity contribution in [2.45, 2.75) is 33.4 Å². The fourth-order valence-electron chi connectivity index (χ4n) is 2.51. The lowest BCUT2D eigenvalue weighted by atomic mass is 10.1. The van der Waals surface area contributed by atoms with Crippen molar-refractivity contribution in [3.63, 3.8) is 0 Å². The van der Waals surface area contributed by atoms with E-state index in [0.29, 0.717) is 6.04 Å². The Bertz CT molecular complexity index is 345. The van der Waals surface area contributed by atoms with Crippen LogP contribution in [0.25, 0.3) is 0 Å². The van der Waals surface area contributed by atoms with Gasteiger partial charge in [0.05, 0.1) is 0 Å². The molecule has 2 rings (SSSR count). The largest absolute Gasteiger partial charge is 0.314 e. The van der Waals surface area contributed by atoms with Crippen LogP contribution in [0.1, 0.15) is 23.6 Å². The first-order chi connectivity index (χ1) is 7.65. The number of hydrogen-bond donors (Lipinski definition) is 1. The minimum absolute atomic E-state index is 0. The molecule has 96 valence electrons. The number of rotatable bonds is 2. The third-order valence-corrected chi connectivity index (χ3v) is 3.31. The first-order valence-corrected chi connectivity index (χ1v) is 6.17. The molecule has 1 saturated heterocycles. The van der Waals surface area contributed by atoms with Crippen LogP contribution in [0.15, 0.2) is 18.2 Å². The van der Waals surface area contributed by atoms with E-state index in [4.69, 9.17) is 0 Å². The van der Waals surface area contributed by atoms with Crippen LogP contribution in [0.2, 0.25) is 0 Å².